The fourth-order valence-corrected chi connectivity index (χ4v) is 5.52. The molecular formula is C31H38FN5O5S. The number of aliphatic hydroxyl groups excluding tert-OH is 1. The van der Waals surface area contributed by atoms with E-state index in [1.807, 2.05) is 48.5 Å². The van der Waals surface area contributed by atoms with E-state index >= 15 is 0 Å². The van der Waals surface area contributed by atoms with Gasteiger partial charge in [0, 0.05) is 36.7 Å². The Morgan fingerprint density at radius 3 is 2.37 bits per heavy atom. The Morgan fingerprint density at radius 1 is 0.953 bits per heavy atom. The quantitative estimate of drug-likeness (QED) is 0.103. The second-order valence-electron chi connectivity index (χ2n) is 10.5. The number of nitro groups is 1. The van der Waals surface area contributed by atoms with Crippen molar-refractivity contribution in [2.24, 2.45) is 5.92 Å². The van der Waals surface area contributed by atoms with Crippen molar-refractivity contribution in [1.29, 1.82) is 0 Å². The fourth-order valence-electron chi connectivity index (χ4n) is 4.31. The second kappa shape index (κ2) is 17.3. The molecule has 0 bridgehead atoms. The number of hydrogen-bond donors (Lipinski definition) is 4. The number of non-ortho nitro benzene ring substituents is 1. The predicted molar refractivity (Wildman–Crippen MR) is 165 cm³/mol. The summed E-state index contributed by atoms with van der Waals surface area (Å²) in [4.78, 5) is 36.6. The molecule has 3 rings (SSSR count). The normalized spacial score (nSPS) is 12.6. The van der Waals surface area contributed by atoms with Gasteiger partial charge in [-0.05, 0) is 53.6 Å². The van der Waals surface area contributed by atoms with Crippen molar-refractivity contribution >= 4 is 29.4 Å². The van der Waals surface area contributed by atoms with Gasteiger partial charge < -0.3 is 21.1 Å². The first-order valence-electron chi connectivity index (χ1n) is 14.0. The lowest BCUT2D eigenvalue weighted by molar-refractivity contribution is -0.385. The Morgan fingerprint density at radius 2 is 1.67 bits per heavy atom. The Balaban J connectivity index is 1.60. The van der Waals surface area contributed by atoms with Gasteiger partial charge in [-0.15, -0.1) is 0 Å². The number of hydrogen-bond acceptors (Lipinski definition) is 8. The molecule has 0 aliphatic rings. The summed E-state index contributed by atoms with van der Waals surface area (Å²) in [5, 5.41) is 30.9. The third kappa shape index (κ3) is 12.5. The van der Waals surface area contributed by atoms with E-state index in [1.54, 1.807) is 24.3 Å². The summed E-state index contributed by atoms with van der Waals surface area (Å²) in [6, 6.07) is 21.1. The lowest BCUT2D eigenvalue weighted by atomic mass is 10.0. The highest BCUT2D eigenvalue weighted by Crippen LogP contribution is 2.27. The molecule has 230 valence electrons. The van der Waals surface area contributed by atoms with Gasteiger partial charge in [-0.1, -0.05) is 62.4 Å². The summed E-state index contributed by atoms with van der Waals surface area (Å²) >= 11 is 1.31. The summed E-state index contributed by atoms with van der Waals surface area (Å²) < 4.78 is 15.3. The van der Waals surface area contributed by atoms with E-state index in [-0.39, 0.29) is 37.1 Å². The maximum Gasteiger partial charge on any atom is 0.270 e. The molecule has 43 heavy (non-hydrogen) atoms. The third-order valence-corrected chi connectivity index (χ3v) is 7.30. The highest BCUT2D eigenvalue weighted by atomic mass is 32.2. The molecule has 0 saturated carbocycles. The third-order valence-electron chi connectivity index (χ3n) is 6.28. The van der Waals surface area contributed by atoms with Gasteiger partial charge in [0.25, 0.3) is 5.69 Å². The highest BCUT2D eigenvalue weighted by molar-refractivity contribution is 7.97. The van der Waals surface area contributed by atoms with Crippen molar-refractivity contribution in [2.75, 3.05) is 26.2 Å². The van der Waals surface area contributed by atoms with Gasteiger partial charge in [0.2, 0.25) is 11.8 Å². The topological polar surface area (TPSA) is 137 Å². The molecule has 0 fully saturated rings. The minimum absolute atomic E-state index is 0.0181. The van der Waals surface area contributed by atoms with Crippen LogP contribution in [0.1, 0.15) is 25.0 Å². The van der Waals surface area contributed by atoms with Crippen molar-refractivity contribution in [3.63, 3.8) is 0 Å². The Labute approximate surface area is 255 Å². The molecule has 10 nitrogen and oxygen atoms in total. The summed E-state index contributed by atoms with van der Waals surface area (Å²) in [5.41, 5.74) is 1.59. The van der Waals surface area contributed by atoms with E-state index < -0.39 is 28.9 Å². The second-order valence-corrected chi connectivity index (χ2v) is 11.7. The zero-order valence-corrected chi connectivity index (χ0v) is 25.1. The molecule has 3 aromatic rings. The molecule has 0 spiro atoms. The molecule has 2 amide bonds. The smallest absolute Gasteiger partial charge is 0.270 e. The van der Waals surface area contributed by atoms with Crippen molar-refractivity contribution < 1.29 is 24.0 Å². The Hall–Kier alpha value is -3.84. The van der Waals surface area contributed by atoms with Crippen LogP contribution in [0, 0.1) is 21.8 Å². The lowest BCUT2D eigenvalue weighted by Gasteiger charge is -2.30. The number of halogens is 1. The number of benzene rings is 3. The van der Waals surface area contributed by atoms with E-state index in [4.69, 9.17) is 0 Å². The van der Waals surface area contributed by atoms with Crippen LogP contribution in [0.15, 0.2) is 83.8 Å². The first-order valence-corrected chi connectivity index (χ1v) is 14.8. The summed E-state index contributed by atoms with van der Waals surface area (Å²) in [5.74, 6) is -0.976. The maximum absolute atomic E-state index is 13.3. The van der Waals surface area contributed by atoms with E-state index in [1.165, 1.54) is 36.2 Å². The van der Waals surface area contributed by atoms with Crippen LogP contribution in [-0.2, 0) is 22.6 Å². The molecule has 2 unspecified atom stereocenters. The summed E-state index contributed by atoms with van der Waals surface area (Å²) in [6.45, 7) is 4.80. The largest absolute Gasteiger partial charge is 0.390 e. The van der Waals surface area contributed by atoms with Crippen LogP contribution in [0.5, 0.6) is 0 Å². The van der Waals surface area contributed by atoms with Crippen molar-refractivity contribution in [2.45, 2.75) is 43.9 Å². The van der Waals surface area contributed by atoms with Gasteiger partial charge in [-0.25, -0.2) is 8.70 Å². The Bertz CT molecular complexity index is 1350. The SMILES string of the molecule is CC(C)CN(CC(O)C(Cc1ccccc1)NC(=O)CNC(=O)CNCc1cccc(F)c1)Sc1cccc([N+](=O)[O-])c1. The van der Waals surface area contributed by atoms with Crippen LogP contribution in [0.2, 0.25) is 0 Å². The molecule has 3 aromatic carbocycles. The van der Waals surface area contributed by atoms with Crippen molar-refractivity contribution in [3.8, 4) is 0 Å². The fraction of sp³-hybridized carbons (Fsp3) is 0.355. The van der Waals surface area contributed by atoms with Gasteiger partial charge in [0.1, 0.15) is 5.82 Å². The number of rotatable bonds is 17. The van der Waals surface area contributed by atoms with Crippen LogP contribution in [0.3, 0.4) is 0 Å². The van der Waals surface area contributed by atoms with Crippen LogP contribution in [-0.4, -0.2) is 64.5 Å². The highest BCUT2D eigenvalue weighted by Gasteiger charge is 2.25. The number of carbonyl (C=O) groups is 2. The van der Waals surface area contributed by atoms with Crippen molar-refractivity contribution in [1.82, 2.24) is 20.3 Å². The number of aliphatic hydroxyl groups is 1. The molecule has 2 atom stereocenters. The Kier molecular flexibility index (Phi) is 13.6. The predicted octanol–water partition coefficient (Wildman–Crippen LogP) is 3.69. The first-order chi connectivity index (χ1) is 20.6. The average Bonchev–Trinajstić information content (AvgIpc) is 2.96. The molecule has 0 heterocycles. The standard InChI is InChI=1S/C31H38FN5O5S/c1-22(2)20-36(43-27-13-7-12-26(16-27)37(41)42)21-29(38)28(15-23-8-4-3-5-9-23)35-31(40)19-34-30(39)18-33-17-24-10-6-11-25(32)14-24/h3-14,16,22,28-29,33,38H,15,17-21H2,1-2H3,(H,34,39)(H,35,40). The minimum Gasteiger partial charge on any atom is -0.390 e. The van der Waals surface area contributed by atoms with Gasteiger partial charge in [0.05, 0.1) is 30.2 Å². The van der Waals surface area contributed by atoms with E-state index in [9.17, 15) is 29.2 Å². The first kappa shape index (κ1) is 33.7. The number of carbonyl (C=O) groups excluding carboxylic acids is 2. The molecule has 0 aliphatic carbocycles. The van der Waals surface area contributed by atoms with E-state index in [0.717, 1.165) is 5.56 Å². The summed E-state index contributed by atoms with van der Waals surface area (Å²) in [6.07, 6.45) is -0.633. The van der Waals surface area contributed by atoms with E-state index in [2.05, 4.69) is 16.0 Å². The van der Waals surface area contributed by atoms with Crippen LogP contribution >= 0.6 is 11.9 Å². The number of nitrogens with zero attached hydrogens (tertiary/aromatic N) is 2. The minimum atomic E-state index is -0.988. The summed E-state index contributed by atoms with van der Waals surface area (Å²) in [7, 11) is 0. The van der Waals surface area contributed by atoms with Gasteiger partial charge in [0.15, 0.2) is 0 Å². The molecule has 0 radical (unpaired) electrons. The van der Waals surface area contributed by atoms with E-state index in [0.29, 0.717) is 30.0 Å². The molecule has 0 aromatic heterocycles. The van der Waals surface area contributed by atoms with Gasteiger partial charge >= 0.3 is 0 Å². The van der Waals surface area contributed by atoms with Crippen LogP contribution < -0.4 is 16.0 Å². The van der Waals surface area contributed by atoms with Crippen LogP contribution in [0.4, 0.5) is 10.1 Å². The molecule has 0 saturated heterocycles. The average molecular weight is 612 g/mol. The number of amides is 2. The monoisotopic (exact) mass is 611 g/mol. The number of nitrogens with one attached hydrogen (secondary N) is 3. The zero-order chi connectivity index (χ0) is 31.2. The van der Waals surface area contributed by atoms with Crippen molar-refractivity contribution in [3.05, 3.63) is 106 Å². The van der Waals surface area contributed by atoms with Gasteiger partial charge in [-0.3, -0.25) is 19.7 Å². The molecular weight excluding hydrogens is 573 g/mol. The zero-order valence-electron chi connectivity index (χ0n) is 24.2. The molecule has 12 heteroatoms. The van der Waals surface area contributed by atoms with Crippen LogP contribution in [0.25, 0.3) is 0 Å². The lowest BCUT2D eigenvalue weighted by Crippen LogP contribution is -2.51. The molecule has 4 N–H and O–H groups in total. The molecule has 0 aliphatic heterocycles. The van der Waals surface area contributed by atoms with Gasteiger partial charge in [-0.2, -0.15) is 0 Å². The maximum atomic E-state index is 13.3. The number of nitro benzene ring substituents is 1.